The lowest BCUT2D eigenvalue weighted by Gasteiger charge is -2.27. The monoisotopic (exact) mass is 350 g/mol. The van der Waals surface area contributed by atoms with Gasteiger partial charge in [-0.25, -0.2) is 8.42 Å². The molecule has 1 aromatic rings. The Morgan fingerprint density at radius 2 is 2.04 bits per heavy atom. The van der Waals surface area contributed by atoms with E-state index in [4.69, 9.17) is 0 Å². The van der Waals surface area contributed by atoms with E-state index in [-0.39, 0.29) is 35.8 Å². The SMILES string of the molecule is CCN(C(=O)CC(=O)N1CCc2ccccc21)C1CCS(=O)(=O)C1. The standard InChI is InChI=1S/C17H22N2O4S/c1-2-18(14-8-10-24(22,23)12-14)16(20)11-17(21)19-9-7-13-5-3-4-6-15(13)19/h3-6,14H,2,7-12H2,1H3. The lowest BCUT2D eigenvalue weighted by molar-refractivity contribution is -0.136. The van der Waals surface area contributed by atoms with Gasteiger partial charge in [-0.05, 0) is 31.4 Å². The Hall–Kier alpha value is -1.89. The van der Waals surface area contributed by atoms with Gasteiger partial charge in [0, 0.05) is 24.8 Å². The first-order valence-electron chi connectivity index (χ1n) is 8.29. The number of sulfone groups is 1. The molecule has 0 saturated carbocycles. The van der Waals surface area contributed by atoms with Crippen molar-refractivity contribution in [1.29, 1.82) is 0 Å². The molecule has 130 valence electrons. The van der Waals surface area contributed by atoms with Crippen molar-refractivity contribution < 1.29 is 18.0 Å². The summed E-state index contributed by atoms with van der Waals surface area (Å²) in [4.78, 5) is 28.3. The molecular formula is C17H22N2O4S. The molecule has 2 aliphatic heterocycles. The molecule has 24 heavy (non-hydrogen) atoms. The summed E-state index contributed by atoms with van der Waals surface area (Å²) in [5, 5.41) is 0. The van der Waals surface area contributed by atoms with Crippen molar-refractivity contribution in [1.82, 2.24) is 4.90 Å². The molecule has 2 aliphatic rings. The summed E-state index contributed by atoms with van der Waals surface area (Å²) in [6, 6.07) is 7.41. The van der Waals surface area contributed by atoms with Crippen molar-refractivity contribution >= 4 is 27.3 Å². The number of benzene rings is 1. The van der Waals surface area contributed by atoms with Crippen LogP contribution in [-0.2, 0) is 25.8 Å². The Bertz CT molecular complexity index is 760. The van der Waals surface area contributed by atoms with Crippen molar-refractivity contribution in [2.75, 3.05) is 29.5 Å². The minimum Gasteiger partial charge on any atom is -0.338 e. The number of carbonyl (C=O) groups is 2. The van der Waals surface area contributed by atoms with Gasteiger partial charge in [0.15, 0.2) is 9.84 Å². The molecule has 2 amide bonds. The molecule has 0 spiro atoms. The second-order valence-corrected chi connectivity index (χ2v) is 8.57. The molecule has 2 heterocycles. The van der Waals surface area contributed by atoms with Crippen LogP contribution < -0.4 is 4.90 Å². The molecule has 1 fully saturated rings. The van der Waals surface area contributed by atoms with Gasteiger partial charge >= 0.3 is 0 Å². The molecular weight excluding hydrogens is 328 g/mol. The van der Waals surface area contributed by atoms with Gasteiger partial charge in [0.25, 0.3) is 0 Å². The summed E-state index contributed by atoms with van der Waals surface area (Å²) >= 11 is 0. The minimum absolute atomic E-state index is 0.00726. The van der Waals surface area contributed by atoms with Crippen LogP contribution in [0.3, 0.4) is 0 Å². The average molecular weight is 350 g/mol. The Morgan fingerprint density at radius 3 is 2.71 bits per heavy atom. The third-order valence-electron chi connectivity index (χ3n) is 4.80. The molecule has 0 radical (unpaired) electrons. The number of fused-ring (bicyclic) bond motifs is 1. The Balaban J connectivity index is 1.67. The molecule has 0 N–H and O–H groups in total. The Kier molecular flexibility index (Phi) is 4.62. The van der Waals surface area contributed by atoms with E-state index in [9.17, 15) is 18.0 Å². The molecule has 7 heteroatoms. The van der Waals surface area contributed by atoms with Crippen LogP contribution in [0, 0.1) is 0 Å². The number of anilines is 1. The first-order chi connectivity index (χ1) is 11.4. The van der Waals surface area contributed by atoms with Crippen LogP contribution in [0.25, 0.3) is 0 Å². The van der Waals surface area contributed by atoms with Crippen molar-refractivity contribution in [3.8, 4) is 0 Å². The van der Waals surface area contributed by atoms with Gasteiger partial charge in [0.2, 0.25) is 11.8 Å². The number of amides is 2. The predicted octanol–water partition coefficient (Wildman–Crippen LogP) is 1.00. The fourth-order valence-electron chi connectivity index (χ4n) is 3.58. The molecule has 6 nitrogen and oxygen atoms in total. The van der Waals surface area contributed by atoms with Crippen molar-refractivity contribution in [2.45, 2.75) is 32.2 Å². The summed E-state index contributed by atoms with van der Waals surface area (Å²) in [5.41, 5.74) is 1.99. The smallest absolute Gasteiger partial charge is 0.236 e. The first kappa shape index (κ1) is 17.0. The van der Waals surface area contributed by atoms with Crippen LogP contribution in [-0.4, -0.2) is 55.8 Å². The lowest BCUT2D eigenvalue weighted by atomic mass is 10.2. The molecule has 1 aromatic carbocycles. The van der Waals surface area contributed by atoms with Crippen molar-refractivity contribution in [3.63, 3.8) is 0 Å². The van der Waals surface area contributed by atoms with E-state index >= 15 is 0 Å². The largest absolute Gasteiger partial charge is 0.338 e. The maximum atomic E-state index is 12.5. The second-order valence-electron chi connectivity index (χ2n) is 6.34. The predicted molar refractivity (Wildman–Crippen MR) is 91.6 cm³/mol. The normalized spacial score (nSPS) is 21.5. The number of carbonyl (C=O) groups excluding carboxylic acids is 2. The van der Waals surface area contributed by atoms with Gasteiger partial charge in [-0.2, -0.15) is 0 Å². The van der Waals surface area contributed by atoms with Gasteiger partial charge in [-0.3, -0.25) is 9.59 Å². The van der Waals surface area contributed by atoms with E-state index in [1.54, 1.807) is 9.80 Å². The van der Waals surface area contributed by atoms with Gasteiger partial charge in [-0.15, -0.1) is 0 Å². The Labute approximate surface area is 142 Å². The van der Waals surface area contributed by atoms with Crippen LogP contribution in [0.2, 0.25) is 0 Å². The highest BCUT2D eigenvalue weighted by Gasteiger charge is 2.35. The Morgan fingerprint density at radius 1 is 1.29 bits per heavy atom. The van der Waals surface area contributed by atoms with E-state index in [1.807, 2.05) is 31.2 Å². The highest BCUT2D eigenvalue weighted by molar-refractivity contribution is 7.91. The zero-order chi connectivity index (χ0) is 17.3. The third kappa shape index (κ3) is 3.31. The molecule has 3 rings (SSSR count). The number of para-hydroxylation sites is 1. The summed E-state index contributed by atoms with van der Waals surface area (Å²) in [6.07, 6.45) is 1.05. The third-order valence-corrected chi connectivity index (χ3v) is 6.55. The minimum atomic E-state index is -3.06. The second kappa shape index (κ2) is 6.55. The topological polar surface area (TPSA) is 74.8 Å². The van der Waals surface area contributed by atoms with E-state index in [2.05, 4.69) is 0 Å². The summed E-state index contributed by atoms with van der Waals surface area (Å²) < 4.78 is 23.3. The van der Waals surface area contributed by atoms with Crippen LogP contribution in [0.15, 0.2) is 24.3 Å². The van der Waals surface area contributed by atoms with Gasteiger partial charge in [0.05, 0.1) is 11.5 Å². The highest BCUT2D eigenvalue weighted by Crippen LogP contribution is 2.28. The molecule has 1 saturated heterocycles. The zero-order valence-electron chi connectivity index (χ0n) is 13.8. The van der Waals surface area contributed by atoms with Crippen molar-refractivity contribution in [3.05, 3.63) is 29.8 Å². The molecule has 0 bridgehead atoms. The van der Waals surface area contributed by atoms with Crippen LogP contribution in [0.5, 0.6) is 0 Å². The summed E-state index contributed by atoms with van der Waals surface area (Å²) in [6.45, 7) is 2.83. The number of rotatable bonds is 4. The maximum absolute atomic E-state index is 12.5. The van der Waals surface area contributed by atoms with Crippen LogP contribution in [0.4, 0.5) is 5.69 Å². The van der Waals surface area contributed by atoms with E-state index in [0.29, 0.717) is 19.5 Å². The van der Waals surface area contributed by atoms with Crippen LogP contribution >= 0.6 is 0 Å². The number of hydrogen-bond donors (Lipinski definition) is 0. The van der Waals surface area contributed by atoms with E-state index in [0.717, 1.165) is 17.7 Å². The summed E-state index contributed by atoms with van der Waals surface area (Å²) in [5.74, 6) is -0.374. The molecule has 1 unspecified atom stereocenters. The van der Waals surface area contributed by atoms with Gasteiger partial charge in [0.1, 0.15) is 6.42 Å². The van der Waals surface area contributed by atoms with Crippen LogP contribution in [0.1, 0.15) is 25.3 Å². The van der Waals surface area contributed by atoms with E-state index in [1.165, 1.54) is 0 Å². The van der Waals surface area contributed by atoms with E-state index < -0.39 is 9.84 Å². The number of nitrogens with zero attached hydrogens (tertiary/aromatic N) is 2. The first-order valence-corrected chi connectivity index (χ1v) is 10.1. The quantitative estimate of drug-likeness (QED) is 0.760. The van der Waals surface area contributed by atoms with Crippen molar-refractivity contribution in [2.24, 2.45) is 0 Å². The number of hydrogen-bond acceptors (Lipinski definition) is 4. The summed E-state index contributed by atoms with van der Waals surface area (Å²) in [7, 11) is -3.06. The fourth-order valence-corrected chi connectivity index (χ4v) is 5.31. The van der Waals surface area contributed by atoms with Gasteiger partial charge < -0.3 is 9.80 Å². The van der Waals surface area contributed by atoms with Gasteiger partial charge in [-0.1, -0.05) is 18.2 Å². The zero-order valence-corrected chi connectivity index (χ0v) is 14.6. The molecule has 1 atom stereocenters. The lowest BCUT2D eigenvalue weighted by Crippen LogP contribution is -2.43. The maximum Gasteiger partial charge on any atom is 0.236 e. The molecule has 0 aromatic heterocycles. The highest BCUT2D eigenvalue weighted by atomic mass is 32.2. The molecule has 0 aliphatic carbocycles. The fraction of sp³-hybridized carbons (Fsp3) is 0.529. The average Bonchev–Trinajstić information content (AvgIpc) is 3.11.